The van der Waals surface area contributed by atoms with Crippen LogP contribution in [0.15, 0.2) is 0 Å². The predicted octanol–water partition coefficient (Wildman–Crippen LogP) is 7.35. The maximum Gasteiger partial charge on any atom is 0.309 e. The average molecular weight is 597 g/mol. The normalized spacial score (nSPS) is 24.5. The van der Waals surface area contributed by atoms with E-state index in [1.54, 1.807) is 0 Å². The maximum absolute atomic E-state index is 12.6. The lowest BCUT2D eigenvalue weighted by atomic mass is 9.95. The Hall–Kier alpha value is -1.02. The monoisotopic (exact) mass is 596 g/mol. The summed E-state index contributed by atoms with van der Waals surface area (Å²) in [5, 5.41) is 31.2. The van der Waals surface area contributed by atoms with Gasteiger partial charge >= 0.3 is 5.97 Å². The fourth-order valence-corrected chi connectivity index (χ4v) is 6.59. The zero-order valence-corrected chi connectivity index (χ0v) is 27.0. The van der Waals surface area contributed by atoms with Gasteiger partial charge in [-0.3, -0.25) is 9.59 Å². The van der Waals surface area contributed by atoms with Crippen molar-refractivity contribution in [2.75, 3.05) is 0 Å². The molecule has 0 amide bonds. The third-order valence-electron chi connectivity index (χ3n) is 9.31. The molecule has 2 rings (SSSR count). The number of ether oxygens (including phenoxy) is 2. The Morgan fingerprint density at radius 1 is 0.762 bits per heavy atom. The lowest BCUT2D eigenvalue weighted by molar-refractivity contribution is -0.144. The number of hydrogen-bond acceptors (Lipinski definition) is 7. The van der Waals surface area contributed by atoms with Crippen molar-refractivity contribution in [1.29, 1.82) is 0 Å². The number of carbonyl (C=O) groups excluding carboxylic acids is 2. The number of hydrogen-bond donors (Lipinski definition) is 3. The number of esters is 1. The highest BCUT2D eigenvalue weighted by Gasteiger charge is 2.34. The van der Waals surface area contributed by atoms with Crippen LogP contribution >= 0.6 is 0 Å². The first-order valence-corrected chi connectivity index (χ1v) is 17.7. The molecule has 246 valence electrons. The van der Waals surface area contributed by atoms with E-state index in [0.29, 0.717) is 57.8 Å². The molecule has 7 unspecified atom stereocenters. The van der Waals surface area contributed by atoms with Gasteiger partial charge in [-0.2, -0.15) is 0 Å². The molecule has 0 bridgehead atoms. The summed E-state index contributed by atoms with van der Waals surface area (Å²) >= 11 is 0. The van der Waals surface area contributed by atoms with Crippen LogP contribution in [-0.2, 0) is 19.1 Å². The molecule has 0 saturated carbocycles. The van der Waals surface area contributed by atoms with Crippen LogP contribution in [-0.4, -0.2) is 63.7 Å². The fourth-order valence-electron chi connectivity index (χ4n) is 6.59. The van der Waals surface area contributed by atoms with Crippen LogP contribution in [0.2, 0.25) is 0 Å². The molecule has 2 heterocycles. The molecule has 0 aromatic heterocycles. The second kappa shape index (κ2) is 22.5. The van der Waals surface area contributed by atoms with Crippen molar-refractivity contribution >= 4 is 11.8 Å². The number of cyclic esters (lactones) is 1. The summed E-state index contributed by atoms with van der Waals surface area (Å²) < 4.78 is 11.1. The minimum Gasteiger partial charge on any atom is -0.462 e. The van der Waals surface area contributed by atoms with E-state index < -0.39 is 18.3 Å². The Morgan fingerprint density at radius 3 is 1.93 bits per heavy atom. The van der Waals surface area contributed by atoms with E-state index in [1.165, 1.54) is 57.8 Å². The molecule has 2 saturated heterocycles. The molecule has 0 aromatic carbocycles. The molecular formula is C35H64O7. The third-order valence-corrected chi connectivity index (χ3v) is 9.31. The molecule has 0 radical (unpaired) electrons. The SMILES string of the molecule is CCCCCCCCCCCCCC(=O)C1CCC(C(O)CCC(O)CCCCCCC(O)CC2CC(C)OC2=O)O1. The largest absolute Gasteiger partial charge is 0.462 e. The number of unbranched alkanes of at least 4 members (excludes halogenated alkanes) is 13. The van der Waals surface area contributed by atoms with E-state index in [1.807, 2.05) is 6.92 Å². The van der Waals surface area contributed by atoms with Crippen molar-refractivity contribution in [2.24, 2.45) is 5.92 Å². The molecule has 42 heavy (non-hydrogen) atoms. The molecular weight excluding hydrogens is 532 g/mol. The first kappa shape index (κ1) is 37.2. The van der Waals surface area contributed by atoms with Gasteiger partial charge in [-0.15, -0.1) is 0 Å². The van der Waals surface area contributed by atoms with Gasteiger partial charge in [-0.05, 0) is 64.7 Å². The van der Waals surface area contributed by atoms with Crippen molar-refractivity contribution in [3.05, 3.63) is 0 Å². The van der Waals surface area contributed by atoms with E-state index in [-0.39, 0.29) is 36.0 Å². The maximum atomic E-state index is 12.6. The minimum atomic E-state index is -0.638. The number of aliphatic hydroxyl groups excluding tert-OH is 3. The summed E-state index contributed by atoms with van der Waals surface area (Å²) in [6.45, 7) is 4.14. The van der Waals surface area contributed by atoms with Gasteiger partial charge in [-0.1, -0.05) is 96.8 Å². The van der Waals surface area contributed by atoms with Crippen molar-refractivity contribution in [2.45, 2.75) is 205 Å². The van der Waals surface area contributed by atoms with Crippen LogP contribution in [0.25, 0.3) is 0 Å². The highest BCUT2D eigenvalue weighted by Crippen LogP contribution is 2.28. The predicted molar refractivity (Wildman–Crippen MR) is 167 cm³/mol. The van der Waals surface area contributed by atoms with E-state index >= 15 is 0 Å². The van der Waals surface area contributed by atoms with Crippen molar-refractivity contribution < 1.29 is 34.4 Å². The second-order valence-electron chi connectivity index (χ2n) is 13.4. The second-order valence-corrected chi connectivity index (χ2v) is 13.4. The zero-order valence-electron chi connectivity index (χ0n) is 27.0. The average Bonchev–Trinajstić information content (AvgIpc) is 3.58. The fraction of sp³-hybridized carbons (Fsp3) is 0.943. The summed E-state index contributed by atoms with van der Waals surface area (Å²) in [5.74, 6) is -0.159. The van der Waals surface area contributed by atoms with Gasteiger partial charge in [0.15, 0.2) is 5.78 Å². The molecule has 2 fully saturated rings. The van der Waals surface area contributed by atoms with Crippen LogP contribution < -0.4 is 0 Å². The standard InChI is InChI=1S/C35H64O7/c1-3-4-5-6-7-8-9-10-11-12-17-20-31(38)33-23-24-34(42-33)32(39)22-21-29(36)18-15-13-14-16-19-30(37)26-28-25-27(2)41-35(28)40/h27-30,32-34,36-37,39H,3-26H2,1-2H3. The van der Waals surface area contributed by atoms with Gasteiger partial charge < -0.3 is 24.8 Å². The lowest BCUT2D eigenvalue weighted by Crippen LogP contribution is -2.29. The van der Waals surface area contributed by atoms with Crippen molar-refractivity contribution in [3.8, 4) is 0 Å². The summed E-state index contributed by atoms with van der Waals surface area (Å²) in [6.07, 6.45) is 21.1. The molecule has 0 aliphatic carbocycles. The summed E-state index contributed by atoms with van der Waals surface area (Å²) in [7, 11) is 0. The number of rotatable bonds is 26. The molecule has 7 nitrogen and oxygen atoms in total. The van der Waals surface area contributed by atoms with Crippen molar-refractivity contribution in [3.63, 3.8) is 0 Å². The zero-order chi connectivity index (χ0) is 30.6. The smallest absolute Gasteiger partial charge is 0.309 e. The van der Waals surface area contributed by atoms with Gasteiger partial charge in [0.1, 0.15) is 6.10 Å². The minimum absolute atomic E-state index is 0.0389. The number of Topliss-reactive ketones (excluding diaryl/α,β-unsaturated/α-hetero) is 1. The number of ketones is 1. The highest BCUT2D eigenvalue weighted by molar-refractivity contribution is 5.83. The Labute approximate surface area is 256 Å². The first-order chi connectivity index (χ1) is 20.3. The number of aliphatic hydroxyl groups is 3. The molecule has 3 N–H and O–H groups in total. The van der Waals surface area contributed by atoms with Crippen LogP contribution in [0.4, 0.5) is 0 Å². The summed E-state index contributed by atoms with van der Waals surface area (Å²) in [4.78, 5) is 24.3. The Bertz CT molecular complexity index is 713. The Morgan fingerprint density at radius 2 is 1.33 bits per heavy atom. The van der Waals surface area contributed by atoms with E-state index in [0.717, 1.165) is 38.5 Å². The van der Waals surface area contributed by atoms with Crippen LogP contribution in [0.3, 0.4) is 0 Å². The quantitative estimate of drug-likeness (QED) is 0.0707. The summed E-state index contributed by atoms with van der Waals surface area (Å²) in [5.41, 5.74) is 0. The molecule has 0 aromatic rings. The van der Waals surface area contributed by atoms with Crippen LogP contribution in [0.1, 0.15) is 168 Å². The van der Waals surface area contributed by atoms with Gasteiger partial charge in [0.2, 0.25) is 0 Å². The van der Waals surface area contributed by atoms with Crippen LogP contribution in [0.5, 0.6) is 0 Å². The van der Waals surface area contributed by atoms with E-state index in [4.69, 9.17) is 9.47 Å². The van der Waals surface area contributed by atoms with Crippen molar-refractivity contribution in [1.82, 2.24) is 0 Å². The van der Waals surface area contributed by atoms with Crippen LogP contribution in [0, 0.1) is 5.92 Å². The first-order valence-electron chi connectivity index (χ1n) is 17.7. The molecule has 0 spiro atoms. The van der Waals surface area contributed by atoms with E-state index in [9.17, 15) is 24.9 Å². The topological polar surface area (TPSA) is 113 Å². The third kappa shape index (κ3) is 16.2. The highest BCUT2D eigenvalue weighted by atomic mass is 16.5. The van der Waals surface area contributed by atoms with Gasteiger partial charge in [0.25, 0.3) is 0 Å². The van der Waals surface area contributed by atoms with E-state index in [2.05, 4.69) is 6.92 Å². The van der Waals surface area contributed by atoms with Gasteiger partial charge in [-0.25, -0.2) is 0 Å². The summed E-state index contributed by atoms with van der Waals surface area (Å²) in [6, 6.07) is 0. The Kier molecular flexibility index (Phi) is 19.9. The molecule has 7 heteroatoms. The Balaban J connectivity index is 1.42. The number of carbonyl (C=O) groups is 2. The lowest BCUT2D eigenvalue weighted by Gasteiger charge is -2.20. The molecule has 2 aliphatic rings. The molecule has 2 aliphatic heterocycles. The molecule has 7 atom stereocenters. The van der Waals surface area contributed by atoms with Gasteiger partial charge in [0, 0.05) is 6.42 Å². The van der Waals surface area contributed by atoms with Gasteiger partial charge in [0.05, 0.1) is 36.4 Å².